The van der Waals surface area contributed by atoms with Crippen molar-refractivity contribution in [1.82, 2.24) is 9.78 Å². The summed E-state index contributed by atoms with van der Waals surface area (Å²) in [6.45, 7) is 2.60. The van der Waals surface area contributed by atoms with Crippen molar-refractivity contribution in [3.05, 3.63) is 83.6 Å². The first-order valence-corrected chi connectivity index (χ1v) is 7.17. The lowest BCUT2D eigenvalue weighted by Crippen LogP contribution is -2.14. The van der Waals surface area contributed by atoms with E-state index in [4.69, 9.17) is 0 Å². The summed E-state index contributed by atoms with van der Waals surface area (Å²) in [5.74, 6) is 0.423. The molecule has 0 aliphatic carbocycles. The SMILES string of the molecule is Cc1ccccc1C(=O)Nc1ccn(Cc2ccccc2)n1. The van der Waals surface area contributed by atoms with E-state index < -0.39 is 0 Å². The van der Waals surface area contributed by atoms with Gasteiger partial charge in [0, 0.05) is 17.8 Å². The predicted octanol–water partition coefficient (Wildman–Crippen LogP) is 3.49. The minimum atomic E-state index is -0.136. The highest BCUT2D eigenvalue weighted by Crippen LogP contribution is 2.11. The molecule has 0 saturated carbocycles. The molecule has 0 aliphatic rings. The number of rotatable bonds is 4. The minimum Gasteiger partial charge on any atom is -0.305 e. The van der Waals surface area contributed by atoms with E-state index in [-0.39, 0.29) is 5.91 Å². The highest BCUT2D eigenvalue weighted by Gasteiger charge is 2.10. The number of amides is 1. The van der Waals surface area contributed by atoms with Gasteiger partial charge in [0.05, 0.1) is 6.54 Å². The van der Waals surface area contributed by atoms with Crippen molar-refractivity contribution < 1.29 is 4.79 Å². The van der Waals surface area contributed by atoms with E-state index in [9.17, 15) is 4.79 Å². The van der Waals surface area contributed by atoms with Crippen LogP contribution >= 0.6 is 0 Å². The summed E-state index contributed by atoms with van der Waals surface area (Å²) in [6, 6.07) is 19.4. The lowest BCUT2D eigenvalue weighted by atomic mass is 10.1. The predicted molar refractivity (Wildman–Crippen MR) is 86.9 cm³/mol. The largest absolute Gasteiger partial charge is 0.305 e. The van der Waals surface area contributed by atoms with Gasteiger partial charge in [0.2, 0.25) is 0 Å². The second kappa shape index (κ2) is 6.26. The number of benzene rings is 2. The Balaban J connectivity index is 1.69. The van der Waals surface area contributed by atoms with Crippen LogP contribution in [0.5, 0.6) is 0 Å². The molecule has 0 unspecified atom stereocenters. The molecular formula is C18H17N3O. The Morgan fingerprint density at radius 2 is 1.77 bits per heavy atom. The van der Waals surface area contributed by atoms with Crippen LogP contribution in [0.25, 0.3) is 0 Å². The second-order valence-electron chi connectivity index (χ2n) is 5.15. The molecule has 3 rings (SSSR count). The lowest BCUT2D eigenvalue weighted by Gasteiger charge is -2.05. The topological polar surface area (TPSA) is 46.9 Å². The quantitative estimate of drug-likeness (QED) is 0.800. The van der Waals surface area contributed by atoms with Gasteiger partial charge in [-0.25, -0.2) is 0 Å². The summed E-state index contributed by atoms with van der Waals surface area (Å²) < 4.78 is 1.81. The Morgan fingerprint density at radius 1 is 1.05 bits per heavy atom. The standard InChI is InChI=1S/C18H17N3O/c1-14-7-5-6-10-16(14)18(22)19-17-11-12-21(20-17)13-15-8-3-2-4-9-15/h2-12H,13H2,1H3,(H,19,20,22). The van der Waals surface area contributed by atoms with Crippen LogP contribution in [0.3, 0.4) is 0 Å². The summed E-state index contributed by atoms with van der Waals surface area (Å²) in [6.07, 6.45) is 1.86. The van der Waals surface area contributed by atoms with E-state index in [1.165, 1.54) is 5.56 Å². The summed E-state index contributed by atoms with van der Waals surface area (Å²) in [5, 5.41) is 7.22. The number of anilines is 1. The number of hydrogen-bond acceptors (Lipinski definition) is 2. The van der Waals surface area contributed by atoms with Crippen molar-refractivity contribution in [3.8, 4) is 0 Å². The van der Waals surface area contributed by atoms with Crippen molar-refractivity contribution in [3.63, 3.8) is 0 Å². The number of nitrogens with zero attached hydrogens (tertiary/aromatic N) is 2. The number of carbonyl (C=O) groups is 1. The molecule has 22 heavy (non-hydrogen) atoms. The van der Waals surface area contributed by atoms with E-state index in [2.05, 4.69) is 10.4 Å². The van der Waals surface area contributed by atoms with Crippen LogP contribution in [0.4, 0.5) is 5.82 Å². The molecule has 1 heterocycles. The van der Waals surface area contributed by atoms with Crippen molar-refractivity contribution in [2.75, 3.05) is 5.32 Å². The van der Waals surface area contributed by atoms with Crippen LogP contribution in [0.1, 0.15) is 21.5 Å². The molecule has 1 N–H and O–H groups in total. The molecule has 0 saturated heterocycles. The molecule has 1 aromatic heterocycles. The van der Waals surface area contributed by atoms with Crippen molar-refractivity contribution in [2.24, 2.45) is 0 Å². The fourth-order valence-corrected chi connectivity index (χ4v) is 2.30. The maximum absolute atomic E-state index is 12.2. The maximum atomic E-state index is 12.2. The first-order valence-electron chi connectivity index (χ1n) is 7.17. The van der Waals surface area contributed by atoms with Gasteiger partial charge in [0.25, 0.3) is 5.91 Å². The monoisotopic (exact) mass is 291 g/mol. The molecule has 4 nitrogen and oxygen atoms in total. The van der Waals surface area contributed by atoms with Gasteiger partial charge in [-0.15, -0.1) is 0 Å². The van der Waals surface area contributed by atoms with E-state index in [1.807, 2.05) is 72.4 Å². The van der Waals surface area contributed by atoms with Crippen LogP contribution in [0, 0.1) is 6.92 Å². The molecule has 3 aromatic rings. The Labute approximate surface area is 129 Å². The average Bonchev–Trinajstić information content (AvgIpc) is 2.95. The Morgan fingerprint density at radius 3 is 2.55 bits per heavy atom. The smallest absolute Gasteiger partial charge is 0.257 e. The molecule has 0 aliphatic heterocycles. The van der Waals surface area contributed by atoms with Crippen LogP contribution in [-0.2, 0) is 6.54 Å². The summed E-state index contributed by atoms with van der Waals surface area (Å²) in [4.78, 5) is 12.2. The minimum absolute atomic E-state index is 0.136. The van der Waals surface area contributed by atoms with Gasteiger partial charge in [-0.3, -0.25) is 9.48 Å². The Bertz CT molecular complexity index is 778. The Hall–Kier alpha value is -2.88. The molecule has 0 radical (unpaired) electrons. The Kier molecular flexibility index (Phi) is 4.01. The van der Waals surface area contributed by atoms with Gasteiger partial charge in [0.15, 0.2) is 5.82 Å². The summed E-state index contributed by atoms with van der Waals surface area (Å²) in [5.41, 5.74) is 2.78. The van der Waals surface area contributed by atoms with Gasteiger partial charge >= 0.3 is 0 Å². The van der Waals surface area contributed by atoms with Crippen LogP contribution in [-0.4, -0.2) is 15.7 Å². The van der Waals surface area contributed by atoms with E-state index in [1.54, 1.807) is 6.07 Å². The number of hydrogen-bond donors (Lipinski definition) is 1. The third-order valence-electron chi connectivity index (χ3n) is 3.46. The molecule has 1 amide bonds. The van der Waals surface area contributed by atoms with Crippen molar-refractivity contribution >= 4 is 11.7 Å². The maximum Gasteiger partial charge on any atom is 0.257 e. The second-order valence-corrected chi connectivity index (χ2v) is 5.15. The molecule has 0 spiro atoms. The number of aryl methyl sites for hydroxylation is 1. The van der Waals surface area contributed by atoms with Gasteiger partial charge in [-0.1, -0.05) is 48.5 Å². The van der Waals surface area contributed by atoms with Crippen LogP contribution < -0.4 is 5.32 Å². The molecule has 0 atom stereocenters. The van der Waals surface area contributed by atoms with Gasteiger partial charge in [-0.2, -0.15) is 5.10 Å². The average molecular weight is 291 g/mol. The third kappa shape index (κ3) is 3.23. The molecule has 0 fully saturated rings. The lowest BCUT2D eigenvalue weighted by molar-refractivity contribution is 0.102. The first kappa shape index (κ1) is 14.1. The van der Waals surface area contributed by atoms with Crippen molar-refractivity contribution in [2.45, 2.75) is 13.5 Å². The van der Waals surface area contributed by atoms with Crippen LogP contribution in [0.15, 0.2) is 66.9 Å². The van der Waals surface area contributed by atoms with Gasteiger partial charge in [-0.05, 0) is 24.1 Å². The summed E-state index contributed by atoms with van der Waals surface area (Å²) >= 11 is 0. The normalized spacial score (nSPS) is 10.4. The fourth-order valence-electron chi connectivity index (χ4n) is 2.30. The molecule has 0 bridgehead atoms. The first-order chi connectivity index (χ1) is 10.7. The zero-order valence-electron chi connectivity index (χ0n) is 12.4. The zero-order chi connectivity index (χ0) is 15.4. The van der Waals surface area contributed by atoms with Gasteiger partial charge in [0.1, 0.15) is 0 Å². The zero-order valence-corrected chi connectivity index (χ0v) is 12.4. The molecule has 4 heteroatoms. The van der Waals surface area contributed by atoms with Crippen LogP contribution in [0.2, 0.25) is 0 Å². The fraction of sp³-hybridized carbons (Fsp3) is 0.111. The highest BCUT2D eigenvalue weighted by molar-refractivity contribution is 6.04. The molecule has 110 valence electrons. The number of nitrogens with one attached hydrogen (secondary N) is 1. The van der Waals surface area contributed by atoms with Crippen molar-refractivity contribution in [1.29, 1.82) is 0 Å². The molecular weight excluding hydrogens is 274 g/mol. The third-order valence-corrected chi connectivity index (χ3v) is 3.46. The van der Waals surface area contributed by atoms with E-state index >= 15 is 0 Å². The van der Waals surface area contributed by atoms with Gasteiger partial charge < -0.3 is 5.32 Å². The van der Waals surface area contributed by atoms with E-state index in [0.29, 0.717) is 17.9 Å². The summed E-state index contributed by atoms with van der Waals surface area (Å²) in [7, 11) is 0. The number of aromatic nitrogens is 2. The molecule has 2 aromatic carbocycles. The van der Waals surface area contributed by atoms with E-state index in [0.717, 1.165) is 5.56 Å². The number of carbonyl (C=O) groups excluding carboxylic acids is 1. The highest BCUT2D eigenvalue weighted by atomic mass is 16.1.